The zero-order valence-corrected chi connectivity index (χ0v) is 12.4. The number of pyridine rings is 1. The van der Waals surface area contributed by atoms with Gasteiger partial charge in [0.2, 0.25) is 0 Å². The van der Waals surface area contributed by atoms with Crippen molar-refractivity contribution in [3.05, 3.63) is 56.7 Å². The minimum absolute atomic E-state index is 0.381. The number of carbonyl (C=O) groups is 1. The summed E-state index contributed by atoms with van der Waals surface area (Å²) in [5.41, 5.74) is 1.44. The monoisotopic (exact) mass is 369 g/mol. The van der Waals surface area contributed by atoms with Gasteiger partial charge in [0, 0.05) is 16.2 Å². The number of benzene rings is 1. The molecule has 0 saturated carbocycles. The summed E-state index contributed by atoms with van der Waals surface area (Å²) in [4.78, 5) is 14.8. The minimum atomic E-state index is 0.381. The molecule has 0 aliphatic carbocycles. The molecule has 0 amide bonds. The Hall–Kier alpha value is -1.20. The first kappa shape index (κ1) is 13.2. The maximum Gasteiger partial charge on any atom is 0.150 e. The summed E-state index contributed by atoms with van der Waals surface area (Å²) >= 11 is 6.69. The average molecular weight is 371 g/mol. The third-order valence-corrected chi connectivity index (χ3v) is 3.35. The van der Waals surface area contributed by atoms with Crippen LogP contribution in [0.3, 0.4) is 0 Å². The molecule has 1 heterocycles. The van der Waals surface area contributed by atoms with Crippen LogP contribution in [0.5, 0.6) is 5.75 Å². The number of rotatable bonds is 4. The van der Waals surface area contributed by atoms with Crippen LogP contribution in [0.4, 0.5) is 0 Å². The quantitative estimate of drug-likeness (QED) is 0.763. The van der Waals surface area contributed by atoms with Crippen molar-refractivity contribution >= 4 is 38.1 Å². The van der Waals surface area contributed by atoms with Crippen molar-refractivity contribution in [2.75, 3.05) is 0 Å². The van der Waals surface area contributed by atoms with Crippen LogP contribution in [0, 0.1) is 0 Å². The Labute approximate surface area is 121 Å². The van der Waals surface area contributed by atoms with Gasteiger partial charge in [-0.25, -0.2) is 0 Å². The number of aldehydes is 1. The van der Waals surface area contributed by atoms with E-state index in [0.29, 0.717) is 17.9 Å². The van der Waals surface area contributed by atoms with Crippen molar-refractivity contribution < 1.29 is 9.53 Å². The second-order valence-corrected chi connectivity index (χ2v) is 5.33. The maximum atomic E-state index is 10.6. The Kier molecular flexibility index (Phi) is 4.49. The summed E-state index contributed by atoms with van der Waals surface area (Å²) in [7, 11) is 0. The molecule has 0 N–H and O–H groups in total. The third-order valence-electron chi connectivity index (χ3n) is 2.26. The fourth-order valence-electron chi connectivity index (χ4n) is 1.35. The SMILES string of the molecule is O=Cc1ccc(OCc2ccc(Br)cn2)c(Br)c1. The van der Waals surface area contributed by atoms with E-state index in [4.69, 9.17) is 4.74 Å². The number of aromatic nitrogens is 1. The molecular formula is C13H9Br2NO2. The number of hydrogen-bond acceptors (Lipinski definition) is 3. The van der Waals surface area contributed by atoms with Crippen LogP contribution in [0.2, 0.25) is 0 Å². The average Bonchev–Trinajstić information content (AvgIpc) is 2.39. The Balaban J connectivity index is 2.06. The summed E-state index contributed by atoms with van der Waals surface area (Å²) in [5, 5.41) is 0. The van der Waals surface area contributed by atoms with E-state index in [1.807, 2.05) is 12.1 Å². The van der Waals surface area contributed by atoms with Crippen LogP contribution < -0.4 is 4.74 Å². The second kappa shape index (κ2) is 6.11. The highest BCUT2D eigenvalue weighted by atomic mass is 79.9. The van der Waals surface area contributed by atoms with E-state index in [0.717, 1.165) is 20.9 Å². The zero-order valence-electron chi connectivity index (χ0n) is 9.27. The van der Waals surface area contributed by atoms with Gasteiger partial charge in [0.15, 0.2) is 0 Å². The summed E-state index contributed by atoms with van der Waals surface area (Å²) in [6.07, 6.45) is 2.52. The molecule has 0 aliphatic rings. The second-order valence-electron chi connectivity index (χ2n) is 3.56. The molecule has 0 fully saturated rings. The van der Waals surface area contributed by atoms with Crippen molar-refractivity contribution in [2.24, 2.45) is 0 Å². The van der Waals surface area contributed by atoms with Crippen LogP contribution in [0.25, 0.3) is 0 Å². The number of ether oxygens (including phenoxy) is 1. The molecule has 3 nitrogen and oxygen atoms in total. The molecule has 5 heteroatoms. The Bertz CT molecular complexity index is 555. The van der Waals surface area contributed by atoms with Gasteiger partial charge < -0.3 is 4.74 Å². The van der Waals surface area contributed by atoms with Gasteiger partial charge in [-0.1, -0.05) is 0 Å². The van der Waals surface area contributed by atoms with E-state index < -0.39 is 0 Å². The molecular weight excluding hydrogens is 362 g/mol. The Morgan fingerprint density at radius 2 is 2.06 bits per heavy atom. The van der Waals surface area contributed by atoms with Gasteiger partial charge in [0.1, 0.15) is 18.6 Å². The highest BCUT2D eigenvalue weighted by Crippen LogP contribution is 2.26. The number of hydrogen-bond donors (Lipinski definition) is 0. The number of carbonyl (C=O) groups excluding carboxylic acids is 1. The van der Waals surface area contributed by atoms with E-state index in [1.165, 1.54) is 0 Å². The van der Waals surface area contributed by atoms with Crippen molar-refractivity contribution in [3.8, 4) is 5.75 Å². The first-order valence-electron chi connectivity index (χ1n) is 5.17. The van der Waals surface area contributed by atoms with Gasteiger partial charge in [-0.15, -0.1) is 0 Å². The molecule has 0 radical (unpaired) electrons. The van der Waals surface area contributed by atoms with Crippen LogP contribution in [-0.4, -0.2) is 11.3 Å². The molecule has 2 rings (SSSR count). The van der Waals surface area contributed by atoms with Gasteiger partial charge in [0.25, 0.3) is 0 Å². The van der Waals surface area contributed by atoms with Crippen LogP contribution in [-0.2, 0) is 6.61 Å². The summed E-state index contributed by atoms with van der Waals surface area (Å²) in [6, 6.07) is 8.99. The normalized spacial score (nSPS) is 10.1. The minimum Gasteiger partial charge on any atom is -0.486 e. The molecule has 0 bridgehead atoms. The van der Waals surface area contributed by atoms with E-state index in [2.05, 4.69) is 36.8 Å². The molecule has 18 heavy (non-hydrogen) atoms. The number of nitrogens with zero attached hydrogens (tertiary/aromatic N) is 1. The van der Waals surface area contributed by atoms with Crippen LogP contribution >= 0.6 is 31.9 Å². The summed E-state index contributed by atoms with van der Waals surface area (Å²) < 4.78 is 7.31. The van der Waals surface area contributed by atoms with E-state index in [-0.39, 0.29) is 0 Å². The predicted molar refractivity (Wildman–Crippen MR) is 75.8 cm³/mol. The van der Waals surface area contributed by atoms with Crippen molar-refractivity contribution in [1.29, 1.82) is 0 Å². The van der Waals surface area contributed by atoms with Crippen molar-refractivity contribution in [3.63, 3.8) is 0 Å². The highest BCUT2D eigenvalue weighted by Gasteiger charge is 2.03. The molecule has 1 aromatic heterocycles. The zero-order chi connectivity index (χ0) is 13.0. The molecule has 0 atom stereocenters. The molecule has 0 unspecified atom stereocenters. The van der Waals surface area contributed by atoms with Crippen molar-refractivity contribution in [2.45, 2.75) is 6.61 Å². The molecule has 2 aromatic rings. The first-order chi connectivity index (χ1) is 8.69. The van der Waals surface area contributed by atoms with Gasteiger partial charge in [-0.05, 0) is 62.2 Å². The summed E-state index contributed by atoms with van der Waals surface area (Å²) in [5.74, 6) is 0.685. The molecule has 0 spiro atoms. The largest absolute Gasteiger partial charge is 0.486 e. The third kappa shape index (κ3) is 3.40. The Morgan fingerprint density at radius 1 is 1.22 bits per heavy atom. The lowest BCUT2D eigenvalue weighted by molar-refractivity contribution is 0.112. The molecule has 92 valence electrons. The fourth-order valence-corrected chi connectivity index (χ4v) is 2.10. The molecule has 0 saturated heterocycles. The van der Waals surface area contributed by atoms with Crippen LogP contribution in [0.15, 0.2) is 45.5 Å². The van der Waals surface area contributed by atoms with E-state index >= 15 is 0 Å². The van der Waals surface area contributed by atoms with E-state index in [9.17, 15) is 4.79 Å². The van der Waals surface area contributed by atoms with Crippen LogP contribution in [0.1, 0.15) is 16.1 Å². The lowest BCUT2D eigenvalue weighted by Gasteiger charge is -2.08. The Morgan fingerprint density at radius 3 is 2.67 bits per heavy atom. The lowest BCUT2D eigenvalue weighted by Crippen LogP contribution is -1.98. The van der Waals surface area contributed by atoms with Gasteiger partial charge >= 0.3 is 0 Å². The predicted octanol–water partition coefficient (Wildman–Crippen LogP) is 4.00. The topological polar surface area (TPSA) is 39.2 Å². The van der Waals surface area contributed by atoms with E-state index in [1.54, 1.807) is 24.4 Å². The van der Waals surface area contributed by atoms with Gasteiger partial charge in [0.05, 0.1) is 10.2 Å². The first-order valence-corrected chi connectivity index (χ1v) is 6.75. The summed E-state index contributed by atoms with van der Waals surface area (Å²) in [6.45, 7) is 0.381. The van der Waals surface area contributed by atoms with Crippen molar-refractivity contribution in [1.82, 2.24) is 4.98 Å². The molecule has 1 aromatic carbocycles. The smallest absolute Gasteiger partial charge is 0.150 e. The highest BCUT2D eigenvalue weighted by molar-refractivity contribution is 9.10. The maximum absolute atomic E-state index is 10.6. The van der Waals surface area contributed by atoms with Gasteiger partial charge in [-0.3, -0.25) is 9.78 Å². The number of halogens is 2. The van der Waals surface area contributed by atoms with Gasteiger partial charge in [-0.2, -0.15) is 0 Å². The fraction of sp³-hybridized carbons (Fsp3) is 0.0769. The molecule has 0 aliphatic heterocycles. The lowest BCUT2D eigenvalue weighted by atomic mass is 10.2. The standard InChI is InChI=1S/C13H9Br2NO2/c14-10-2-3-11(16-6-10)8-18-13-4-1-9(7-17)5-12(13)15/h1-7H,8H2.